The Kier molecular flexibility index (Phi) is 3.84. The van der Waals surface area contributed by atoms with Crippen LogP contribution in [-0.2, 0) is 0 Å². The van der Waals surface area contributed by atoms with Gasteiger partial charge in [0.15, 0.2) is 0 Å². The van der Waals surface area contributed by atoms with Crippen LogP contribution in [0, 0.1) is 5.82 Å². The van der Waals surface area contributed by atoms with E-state index in [0.717, 1.165) is 16.3 Å². The molecule has 0 aliphatic carbocycles. The van der Waals surface area contributed by atoms with Gasteiger partial charge in [0.25, 0.3) is 0 Å². The lowest BCUT2D eigenvalue weighted by molar-refractivity contribution is 0.606. The molecule has 0 fully saturated rings. The summed E-state index contributed by atoms with van der Waals surface area (Å²) in [4.78, 5) is 4.23. The van der Waals surface area contributed by atoms with Gasteiger partial charge in [0.1, 0.15) is 5.82 Å². The Labute approximate surface area is 126 Å². The number of aromatic nitrogens is 1. The minimum absolute atomic E-state index is 0.0885. The standard InChI is InChI=1S/C16H13ClFN3/c17-14-6-5-10(7-15(14)18)16(21-19)13-9-20-8-11-3-1-2-4-12(11)13/h1-9,16,21H,19H2. The van der Waals surface area contributed by atoms with Gasteiger partial charge >= 0.3 is 0 Å². The molecular weight excluding hydrogens is 289 g/mol. The van der Waals surface area contributed by atoms with Crippen LogP contribution in [0.3, 0.4) is 0 Å². The Bertz CT molecular complexity index is 786. The van der Waals surface area contributed by atoms with E-state index in [-0.39, 0.29) is 11.1 Å². The second-order valence-electron chi connectivity index (χ2n) is 4.72. The quantitative estimate of drug-likeness (QED) is 0.574. The lowest BCUT2D eigenvalue weighted by Gasteiger charge is -2.18. The molecule has 0 bridgehead atoms. The van der Waals surface area contributed by atoms with Crippen molar-refractivity contribution in [1.29, 1.82) is 0 Å². The van der Waals surface area contributed by atoms with Gasteiger partial charge < -0.3 is 0 Å². The first-order chi connectivity index (χ1) is 10.2. The smallest absolute Gasteiger partial charge is 0.142 e. The summed E-state index contributed by atoms with van der Waals surface area (Å²) in [6, 6.07) is 12.1. The lowest BCUT2D eigenvalue weighted by Crippen LogP contribution is -2.29. The maximum atomic E-state index is 13.7. The molecule has 1 atom stereocenters. The molecular formula is C16H13ClFN3. The van der Waals surface area contributed by atoms with Gasteiger partial charge in [-0.3, -0.25) is 10.8 Å². The van der Waals surface area contributed by atoms with Crippen molar-refractivity contribution in [3.05, 3.63) is 76.8 Å². The molecule has 0 radical (unpaired) electrons. The number of pyridine rings is 1. The third kappa shape index (κ3) is 2.61. The summed E-state index contributed by atoms with van der Waals surface area (Å²) in [7, 11) is 0. The first-order valence-corrected chi connectivity index (χ1v) is 6.82. The fourth-order valence-electron chi connectivity index (χ4n) is 2.43. The molecule has 3 rings (SSSR count). The zero-order valence-corrected chi connectivity index (χ0v) is 11.8. The highest BCUT2D eigenvalue weighted by atomic mass is 35.5. The van der Waals surface area contributed by atoms with E-state index in [1.165, 1.54) is 12.1 Å². The largest absolute Gasteiger partial charge is 0.271 e. The van der Waals surface area contributed by atoms with Crippen molar-refractivity contribution >= 4 is 22.4 Å². The van der Waals surface area contributed by atoms with E-state index in [1.807, 2.05) is 24.3 Å². The van der Waals surface area contributed by atoms with Crippen LogP contribution >= 0.6 is 11.6 Å². The number of halogens is 2. The summed E-state index contributed by atoms with van der Waals surface area (Å²) in [5.41, 5.74) is 4.30. The van der Waals surface area contributed by atoms with Crippen molar-refractivity contribution in [2.45, 2.75) is 6.04 Å². The van der Waals surface area contributed by atoms with Crippen LogP contribution in [0.5, 0.6) is 0 Å². The number of hydrogen-bond donors (Lipinski definition) is 2. The zero-order valence-electron chi connectivity index (χ0n) is 11.1. The normalized spacial score (nSPS) is 12.5. The van der Waals surface area contributed by atoms with Gasteiger partial charge in [0.05, 0.1) is 11.1 Å². The van der Waals surface area contributed by atoms with E-state index in [4.69, 9.17) is 17.4 Å². The van der Waals surface area contributed by atoms with Gasteiger partial charge in [-0.1, -0.05) is 41.9 Å². The first kappa shape index (κ1) is 13.9. The van der Waals surface area contributed by atoms with Crippen LogP contribution in [0.1, 0.15) is 17.2 Å². The monoisotopic (exact) mass is 301 g/mol. The van der Waals surface area contributed by atoms with Gasteiger partial charge in [-0.2, -0.15) is 0 Å². The van der Waals surface area contributed by atoms with Crippen molar-refractivity contribution in [2.24, 2.45) is 5.84 Å². The van der Waals surface area contributed by atoms with Crippen LogP contribution in [0.2, 0.25) is 5.02 Å². The van der Waals surface area contributed by atoms with Gasteiger partial charge in [0.2, 0.25) is 0 Å². The number of nitrogens with one attached hydrogen (secondary N) is 1. The highest BCUT2D eigenvalue weighted by Gasteiger charge is 2.17. The Hall–Kier alpha value is -2.01. The molecule has 0 amide bonds. The van der Waals surface area contributed by atoms with Crippen LogP contribution in [0.4, 0.5) is 4.39 Å². The Balaban J connectivity index is 2.16. The van der Waals surface area contributed by atoms with Gasteiger partial charge in [-0.05, 0) is 23.1 Å². The molecule has 1 unspecified atom stereocenters. The predicted molar refractivity (Wildman–Crippen MR) is 82.3 cm³/mol. The molecule has 2 aromatic carbocycles. The maximum absolute atomic E-state index is 13.7. The molecule has 106 valence electrons. The second kappa shape index (κ2) is 5.77. The third-order valence-electron chi connectivity index (χ3n) is 3.45. The van der Waals surface area contributed by atoms with Gasteiger partial charge in [0, 0.05) is 23.3 Å². The highest BCUT2D eigenvalue weighted by molar-refractivity contribution is 6.30. The molecule has 5 heteroatoms. The van der Waals surface area contributed by atoms with Crippen LogP contribution < -0.4 is 11.3 Å². The van der Waals surface area contributed by atoms with Crippen LogP contribution in [0.15, 0.2) is 54.9 Å². The van der Waals surface area contributed by atoms with Crippen molar-refractivity contribution < 1.29 is 4.39 Å². The fraction of sp³-hybridized carbons (Fsp3) is 0.0625. The SMILES string of the molecule is NNC(c1ccc(Cl)c(F)c1)c1cncc2ccccc12. The number of benzene rings is 2. The summed E-state index contributed by atoms with van der Waals surface area (Å²) in [6.07, 6.45) is 3.52. The lowest BCUT2D eigenvalue weighted by atomic mass is 9.96. The zero-order chi connectivity index (χ0) is 14.8. The Morgan fingerprint density at radius 3 is 2.71 bits per heavy atom. The van der Waals surface area contributed by atoms with Gasteiger partial charge in [-0.25, -0.2) is 9.82 Å². The molecule has 21 heavy (non-hydrogen) atoms. The summed E-state index contributed by atoms with van der Waals surface area (Å²) < 4.78 is 13.7. The van der Waals surface area contributed by atoms with E-state index >= 15 is 0 Å². The van der Waals surface area contributed by atoms with E-state index in [1.54, 1.807) is 18.5 Å². The minimum atomic E-state index is -0.470. The molecule has 3 aromatic rings. The Morgan fingerprint density at radius 2 is 1.95 bits per heavy atom. The number of rotatable bonds is 3. The summed E-state index contributed by atoms with van der Waals surface area (Å²) in [5, 5.41) is 2.11. The van der Waals surface area contributed by atoms with Gasteiger partial charge in [-0.15, -0.1) is 0 Å². The number of nitrogens with two attached hydrogens (primary N) is 1. The molecule has 0 aliphatic heterocycles. The molecule has 0 saturated heterocycles. The average Bonchev–Trinajstić information content (AvgIpc) is 2.52. The fourth-order valence-corrected chi connectivity index (χ4v) is 2.54. The van der Waals surface area contributed by atoms with E-state index in [0.29, 0.717) is 5.56 Å². The Morgan fingerprint density at radius 1 is 1.14 bits per heavy atom. The van der Waals surface area contributed by atoms with Crippen molar-refractivity contribution in [1.82, 2.24) is 10.4 Å². The molecule has 0 saturated carbocycles. The van der Waals surface area contributed by atoms with Crippen molar-refractivity contribution in [3.63, 3.8) is 0 Å². The molecule has 3 nitrogen and oxygen atoms in total. The van der Waals surface area contributed by atoms with Crippen molar-refractivity contribution in [2.75, 3.05) is 0 Å². The van der Waals surface area contributed by atoms with E-state index < -0.39 is 5.82 Å². The van der Waals surface area contributed by atoms with E-state index in [2.05, 4.69) is 10.4 Å². The summed E-state index contributed by atoms with van der Waals surface area (Å²) in [5.74, 6) is 5.21. The molecule has 0 aliphatic rings. The average molecular weight is 302 g/mol. The second-order valence-corrected chi connectivity index (χ2v) is 5.13. The first-order valence-electron chi connectivity index (χ1n) is 6.44. The topological polar surface area (TPSA) is 50.9 Å². The minimum Gasteiger partial charge on any atom is -0.271 e. The third-order valence-corrected chi connectivity index (χ3v) is 3.76. The van der Waals surface area contributed by atoms with Crippen LogP contribution in [-0.4, -0.2) is 4.98 Å². The number of hydrogen-bond acceptors (Lipinski definition) is 3. The molecule has 1 heterocycles. The highest BCUT2D eigenvalue weighted by Crippen LogP contribution is 2.29. The van der Waals surface area contributed by atoms with E-state index in [9.17, 15) is 4.39 Å². The predicted octanol–water partition coefficient (Wildman–Crippen LogP) is 3.58. The summed E-state index contributed by atoms with van der Waals surface area (Å²) >= 11 is 5.73. The number of nitrogens with zero attached hydrogens (tertiary/aromatic N) is 1. The maximum Gasteiger partial charge on any atom is 0.142 e. The van der Waals surface area contributed by atoms with Crippen LogP contribution in [0.25, 0.3) is 10.8 Å². The van der Waals surface area contributed by atoms with Crippen molar-refractivity contribution in [3.8, 4) is 0 Å². The number of hydrazine groups is 1. The number of fused-ring (bicyclic) bond motifs is 1. The molecule has 3 N–H and O–H groups in total. The molecule has 1 aromatic heterocycles. The summed E-state index contributed by atoms with van der Waals surface area (Å²) in [6.45, 7) is 0. The molecule has 0 spiro atoms.